The monoisotopic (exact) mass is 520 g/mol. The third-order valence-corrected chi connectivity index (χ3v) is 12.0. The van der Waals surface area contributed by atoms with E-state index in [9.17, 15) is 9.90 Å². The molecule has 0 radical (unpaired) electrons. The zero-order valence-electron chi connectivity index (χ0n) is 21.9. The van der Waals surface area contributed by atoms with Crippen molar-refractivity contribution in [2.24, 2.45) is 5.92 Å². The van der Waals surface area contributed by atoms with Crippen molar-refractivity contribution >= 4 is 24.7 Å². The van der Waals surface area contributed by atoms with Crippen LogP contribution in [0.3, 0.4) is 0 Å². The third-order valence-electron chi connectivity index (χ3n) is 7.03. The molecule has 1 fully saturated rings. The van der Waals surface area contributed by atoms with Gasteiger partial charge in [0.25, 0.3) is 8.32 Å². The second kappa shape index (κ2) is 11.7. The van der Waals surface area contributed by atoms with Crippen LogP contribution in [0.15, 0.2) is 91.0 Å². The lowest BCUT2D eigenvalue weighted by Gasteiger charge is -2.43. The Morgan fingerprint density at radius 2 is 1.38 bits per heavy atom. The number of hydrogen-bond donors (Lipinski definition) is 1. The highest BCUT2D eigenvalue weighted by molar-refractivity contribution is 6.99. The van der Waals surface area contributed by atoms with E-state index in [2.05, 4.69) is 45.0 Å². The van der Waals surface area contributed by atoms with E-state index in [1.165, 1.54) is 7.11 Å². The molecular formula is C30H36O6Si. The number of rotatable bonds is 9. The molecular weight excluding hydrogens is 484 g/mol. The summed E-state index contributed by atoms with van der Waals surface area (Å²) in [6, 6.07) is 29.5. The Morgan fingerprint density at radius 3 is 1.86 bits per heavy atom. The van der Waals surface area contributed by atoms with E-state index in [-0.39, 0.29) is 18.3 Å². The van der Waals surface area contributed by atoms with E-state index in [1.54, 1.807) is 24.3 Å². The van der Waals surface area contributed by atoms with Crippen LogP contribution in [0.1, 0.15) is 31.1 Å². The van der Waals surface area contributed by atoms with Crippen molar-refractivity contribution in [1.82, 2.24) is 0 Å². The molecule has 3 aromatic carbocycles. The molecule has 196 valence electrons. The molecule has 1 N–H and O–H groups in total. The SMILES string of the molecule is COC1O[C@H](CO[Si](c2ccccc2)(c2ccccc2)C(C)(C)C)[C@@H](COC(=O)c2ccccc2)[C@H]1O. The number of ether oxygens (including phenoxy) is 3. The number of methoxy groups -OCH3 is 1. The molecule has 0 saturated carbocycles. The Balaban J connectivity index is 1.61. The van der Waals surface area contributed by atoms with Crippen molar-refractivity contribution in [1.29, 1.82) is 0 Å². The maximum Gasteiger partial charge on any atom is 0.338 e. The number of aliphatic hydroxyl groups excluding tert-OH is 1. The minimum atomic E-state index is -2.81. The topological polar surface area (TPSA) is 74.2 Å². The molecule has 37 heavy (non-hydrogen) atoms. The second-order valence-corrected chi connectivity index (χ2v) is 14.7. The van der Waals surface area contributed by atoms with Crippen LogP contribution in [0, 0.1) is 5.92 Å². The summed E-state index contributed by atoms with van der Waals surface area (Å²) in [5, 5.41) is 13.0. The molecule has 1 unspecified atom stereocenters. The van der Waals surface area contributed by atoms with E-state index in [1.807, 2.05) is 42.5 Å². The summed E-state index contributed by atoms with van der Waals surface area (Å²) in [7, 11) is -1.32. The number of aliphatic hydroxyl groups is 1. The number of carbonyl (C=O) groups is 1. The Kier molecular flexibility index (Phi) is 8.62. The average Bonchev–Trinajstić information content (AvgIpc) is 3.22. The van der Waals surface area contributed by atoms with Crippen LogP contribution in [0.4, 0.5) is 0 Å². The summed E-state index contributed by atoms with van der Waals surface area (Å²) in [5.41, 5.74) is 0.458. The van der Waals surface area contributed by atoms with Gasteiger partial charge >= 0.3 is 5.97 Å². The molecule has 4 rings (SSSR count). The summed E-state index contributed by atoms with van der Waals surface area (Å²) < 4.78 is 24.1. The fourth-order valence-electron chi connectivity index (χ4n) is 5.14. The first-order valence-electron chi connectivity index (χ1n) is 12.6. The first kappa shape index (κ1) is 27.2. The van der Waals surface area contributed by atoms with Gasteiger partial charge in [0, 0.05) is 7.11 Å². The van der Waals surface area contributed by atoms with Crippen molar-refractivity contribution in [3.63, 3.8) is 0 Å². The van der Waals surface area contributed by atoms with Crippen molar-refractivity contribution in [2.75, 3.05) is 20.3 Å². The zero-order chi connectivity index (χ0) is 26.5. The predicted molar refractivity (Wildman–Crippen MR) is 145 cm³/mol. The van der Waals surface area contributed by atoms with Gasteiger partial charge in [-0.15, -0.1) is 0 Å². The lowest BCUT2D eigenvalue weighted by Crippen LogP contribution is -2.67. The summed E-state index contributed by atoms with van der Waals surface area (Å²) >= 11 is 0. The van der Waals surface area contributed by atoms with Crippen molar-refractivity contribution in [2.45, 2.75) is 44.3 Å². The minimum Gasteiger partial charge on any atom is -0.462 e. The molecule has 4 atom stereocenters. The van der Waals surface area contributed by atoms with Gasteiger partial charge in [0.1, 0.15) is 6.10 Å². The van der Waals surface area contributed by atoms with E-state index in [0.29, 0.717) is 5.56 Å². The molecule has 0 aromatic heterocycles. The minimum absolute atomic E-state index is 0.0104. The number of hydrogen-bond acceptors (Lipinski definition) is 6. The van der Waals surface area contributed by atoms with E-state index in [0.717, 1.165) is 10.4 Å². The second-order valence-electron chi connectivity index (χ2n) is 10.4. The van der Waals surface area contributed by atoms with Gasteiger partial charge in [0.2, 0.25) is 0 Å². The molecule has 0 bridgehead atoms. The average molecular weight is 521 g/mol. The fourth-order valence-corrected chi connectivity index (χ4v) is 9.71. The highest BCUT2D eigenvalue weighted by atomic mass is 28.4. The maximum atomic E-state index is 12.6. The van der Waals surface area contributed by atoms with Crippen LogP contribution < -0.4 is 10.4 Å². The van der Waals surface area contributed by atoms with Gasteiger partial charge < -0.3 is 23.7 Å². The number of benzene rings is 3. The van der Waals surface area contributed by atoms with Crippen LogP contribution in [0.2, 0.25) is 5.04 Å². The summed E-state index contributed by atoms with van der Waals surface area (Å²) in [5.74, 6) is -0.948. The van der Waals surface area contributed by atoms with E-state index >= 15 is 0 Å². The van der Waals surface area contributed by atoms with Crippen LogP contribution in [-0.2, 0) is 18.6 Å². The Bertz CT molecular complexity index is 1090. The Morgan fingerprint density at radius 1 is 0.865 bits per heavy atom. The van der Waals surface area contributed by atoms with Gasteiger partial charge in [-0.3, -0.25) is 0 Å². The Labute approximate surface area is 220 Å². The van der Waals surface area contributed by atoms with Crippen LogP contribution in [-0.4, -0.2) is 58.2 Å². The third kappa shape index (κ3) is 5.71. The zero-order valence-corrected chi connectivity index (χ0v) is 22.9. The summed E-state index contributed by atoms with van der Waals surface area (Å²) in [6.07, 6.45) is -2.31. The smallest absolute Gasteiger partial charge is 0.338 e. The maximum absolute atomic E-state index is 12.6. The van der Waals surface area contributed by atoms with Crippen LogP contribution >= 0.6 is 0 Å². The van der Waals surface area contributed by atoms with Crippen LogP contribution in [0.25, 0.3) is 0 Å². The largest absolute Gasteiger partial charge is 0.462 e. The summed E-state index contributed by atoms with van der Waals surface area (Å²) in [6.45, 7) is 6.84. The molecule has 0 spiro atoms. The van der Waals surface area contributed by atoms with Gasteiger partial charge in [-0.05, 0) is 27.5 Å². The first-order chi connectivity index (χ1) is 17.8. The Hall–Kier alpha value is -2.81. The lowest BCUT2D eigenvalue weighted by molar-refractivity contribution is -0.152. The molecule has 1 aliphatic heterocycles. The molecule has 6 nitrogen and oxygen atoms in total. The molecule has 7 heteroatoms. The first-order valence-corrected chi connectivity index (χ1v) is 14.5. The van der Waals surface area contributed by atoms with Gasteiger partial charge in [-0.2, -0.15) is 0 Å². The van der Waals surface area contributed by atoms with Gasteiger partial charge in [0.15, 0.2) is 6.29 Å². The highest BCUT2D eigenvalue weighted by Gasteiger charge is 2.52. The molecule has 0 aliphatic carbocycles. The van der Waals surface area contributed by atoms with E-state index < -0.39 is 38.7 Å². The quantitative estimate of drug-likeness (QED) is 0.342. The molecule has 1 saturated heterocycles. The van der Waals surface area contributed by atoms with Gasteiger partial charge in [-0.1, -0.05) is 99.6 Å². The summed E-state index contributed by atoms with van der Waals surface area (Å²) in [4.78, 5) is 12.6. The van der Waals surface area contributed by atoms with Gasteiger partial charge in [-0.25, -0.2) is 4.79 Å². The normalized spacial score (nSPS) is 22.1. The fraction of sp³-hybridized carbons (Fsp3) is 0.367. The molecule has 0 amide bonds. The predicted octanol–water partition coefficient (Wildman–Crippen LogP) is 3.77. The highest BCUT2D eigenvalue weighted by Crippen LogP contribution is 2.38. The van der Waals surface area contributed by atoms with Crippen molar-refractivity contribution in [3.05, 3.63) is 96.6 Å². The number of carbonyl (C=O) groups excluding carboxylic acids is 1. The number of esters is 1. The van der Waals surface area contributed by atoms with Crippen LogP contribution in [0.5, 0.6) is 0 Å². The van der Waals surface area contributed by atoms with E-state index in [4.69, 9.17) is 18.6 Å². The molecule has 3 aromatic rings. The molecule has 1 aliphatic rings. The molecule has 1 heterocycles. The van der Waals surface area contributed by atoms with Crippen molar-refractivity contribution in [3.8, 4) is 0 Å². The standard InChI is InChI=1S/C30H36O6Si/c1-30(2,3)37(23-16-10-6-11-17-23,24-18-12-7-13-19-24)35-21-26-25(27(31)29(33-4)36-26)20-34-28(32)22-14-8-5-9-15-22/h5-19,25-27,29,31H,20-21H2,1-4H3/t25-,26-,27-,29?/m1/s1. The van der Waals surface area contributed by atoms with Gasteiger partial charge in [0.05, 0.1) is 30.8 Å². The van der Waals surface area contributed by atoms with Crippen molar-refractivity contribution < 1.29 is 28.5 Å². The lowest BCUT2D eigenvalue weighted by atomic mass is 10.00.